The SMILES string of the molecule is O=C(Nc1ccc(F)cc1F)C1CCN(Cc2ccccc2Cl)CC1. The fraction of sp³-hybridized carbons (Fsp3) is 0.316. The minimum absolute atomic E-state index is 0.0184. The van der Waals surface area contributed by atoms with E-state index in [1.54, 1.807) is 0 Å². The zero-order valence-electron chi connectivity index (χ0n) is 13.6. The highest BCUT2D eigenvalue weighted by Crippen LogP contribution is 2.24. The highest BCUT2D eigenvalue weighted by molar-refractivity contribution is 6.31. The summed E-state index contributed by atoms with van der Waals surface area (Å²) in [7, 11) is 0. The van der Waals surface area contributed by atoms with Crippen molar-refractivity contribution in [2.45, 2.75) is 19.4 Å². The average molecular weight is 365 g/mol. The standard InChI is InChI=1S/C19H19ClF2N2O/c20-16-4-2-1-3-14(16)12-24-9-7-13(8-10-24)19(25)23-18-6-5-15(21)11-17(18)22/h1-6,11,13H,7-10,12H2,(H,23,25). The zero-order chi connectivity index (χ0) is 17.8. The van der Waals surface area contributed by atoms with Gasteiger partial charge in [-0.3, -0.25) is 9.69 Å². The Morgan fingerprint density at radius 1 is 1.16 bits per heavy atom. The van der Waals surface area contributed by atoms with Crippen LogP contribution in [-0.2, 0) is 11.3 Å². The molecule has 0 bridgehead atoms. The van der Waals surface area contributed by atoms with Crippen molar-refractivity contribution in [3.63, 3.8) is 0 Å². The van der Waals surface area contributed by atoms with Crippen LogP contribution in [-0.4, -0.2) is 23.9 Å². The quantitative estimate of drug-likeness (QED) is 0.868. The van der Waals surface area contributed by atoms with Crippen LogP contribution < -0.4 is 5.32 Å². The van der Waals surface area contributed by atoms with Crippen LogP contribution in [0.4, 0.5) is 14.5 Å². The lowest BCUT2D eigenvalue weighted by molar-refractivity contribution is -0.121. The van der Waals surface area contributed by atoms with Crippen LogP contribution in [0, 0.1) is 17.6 Å². The lowest BCUT2D eigenvalue weighted by atomic mass is 9.95. The van der Waals surface area contributed by atoms with Gasteiger partial charge in [0, 0.05) is 23.6 Å². The molecule has 0 atom stereocenters. The molecule has 1 fully saturated rings. The van der Waals surface area contributed by atoms with Crippen molar-refractivity contribution in [2.24, 2.45) is 5.92 Å². The van der Waals surface area contributed by atoms with Crippen LogP contribution in [0.3, 0.4) is 0 Å². The number of carbonyl (C=O) groups excluding carboxylic acids is 1. The topological polar surface area (TPSA) is 32.3 Å². The Balaban J connectivity index is 1.53. The van der Waals surface area contributed by atoms with Gasteiger partial charge in [0.1, 0.15) is 11.6 Å². The third-order valence-electron chi connectivity index (χ3n) is 4.50. The van der Waals surface area contributed by atoms with Crippen molar-refractivity contribution in [1.29, 1.82) is 0 Å². The number of amides is 1. The summed E-state index contributed by atoms with van der Waals surface area (Å²) < 4.78 is 26.6. The van der Waals surface area contributed by atoms with E-state index in [1.165, 1.54) is 6.07 Å². The molecule has 1 aliphatic heterocycles. The molecule has 1 N–H and O–H groups in total. The first-order chi connectivity index (χ1) is 12.0. The van der Waals surface area contributed by atoms with Gasteiger partial charge in [-0.2, -0.15) is 0 Å². The van der Waals surface area contributed by atoms with Crippen LogP contribution in [0.2, 0.25) is 5.02 Å². The number of carbonyl (C=O) groups is 1. The molecule has 0 aromatic heterocycles. The van der Waals surface area contributed by atoms with Crippen LogP contribution in [0.5, 0.6) is 0 Å². The third-order valence-corrected chi connectivity index (χ3v) is 4.87. The third kappa shape index (κ3) is 4.55. The van der Waals surface area contributed by atoms with Gasteiger partial charge in [0.05, 0.1) is 5.69 Å². The molecule has 132 valence electrons. The first kappa shape index (κ1) is 17.8. The Hall–Kier alpha value is -1.98. The summed E-state index contributed by atoms with van der Waals surface area (Å²) in [6, 6.07) is 10.9. The normalized spacial score (nSPS) is 16.0. The molecule has 1 amide bonds. The number of hydrogen-bond acceptors (Lipinski definition) is 2. The lowest BCUT2D eigenvalue weighted by Gasteiger charge is -2.31. The smallest absolute Gasteiger partial charge is 0.227 e. The maximum atomic E-state index is 13.6. The number of anilines is 1. The summed E-state index contributed by atoms with van der Waals surface area (Å²) in [5.74, 6) is -1.82. The summed E-state index contributed by atoms with van der Waals surface area (Å²) >= 11 is 6.19. The first-order valence-corrected chi connectivity index (χ1v) is 8.62. The summed E-state index contributed by atoms with van der Waals surface area (Å²) in [6.45, 7) is 2.30. The van der Waals surface area contributed by atoms with E-state index in [2.05, 4.69) is 10.2 Å². The molecule has 0 spiro atoms. The van der Waals surface area contributed by atoms with E-state index in [-0.39, 0.29) is 17.5 Å². The minimum atomic E-state index is -0.760. The van der Waals surface area contributed by atoms with Gasteiger partial charge in [0.25, 0.3) is 0 Å². The van der Waals surface area contributed by atoms with E-state index in [0.29, 0.717) is 12.8 Å². The molecule has 0 aliphatic carbocycles. The van der Waals surface area contributed by atoms with E-state index >= 15 is 0 Å². The summed E-state index contributed by atoms with van der Waals surface area (Å²) in [6.07, 6.45) is 1.39. The van der Waals surface area contributed by atoms with E-state index < -0.39 is 11.6 Å². The van der Waals surface area contributed by atoms with Gasteiger partial charge in [0.15, 0.2) is 0 Å². The molecule has 1 heterocycles. The molecule has 3 nitrogen and oxygen atoms in total. The molecule has 1 aliphatic rings. The fourth-order valence-corrected chi connectivity index (χ4v) is 3.24. The number of rotatable bonds is 4. The number of benzene rings is 2. The van der Waals surface area contributed by atoms with E-state index in [1.807, 2.05) is 24.3 Å². The van der Waals surface area contributed by atoms with Gasteiger partial charge < -0.3 is 5.32 Å². The number of piperidine rings is 1. The molecule has 0 saturated carbocycles. The van der Waals surface area contributed by atoms with Crippen molar-refractivity contribution < 1.29 is 13.6 Å². The monoisotopic (exact) mass is 364 g/mol. The van der Waals surface area contributed by atoms with Gasteiger partial charge >= 0.3 is 0 Å². The molecule has 1 saturated heterocycles. The van der Waals surface area contributed by atoms with Crippen molar-refractivity contribution in [3.8, 4) is 0 Å². The van der Waals surface area contributed by atoms with Crippen LogP contribution in [0.25, 0.3) is 0 Å². The average Bonchev–Trinajstić information content (AvgIpc) is 2.60. The molecule has 2 aromatic rings. The molecular formula is C19H19ClF2N2O. The van der Waals surface area contributed by atoms with Crippen LogP contribution in [0.15, 0.2) is 42.5 Å². The largest absolute Gasteiger partial charge is 0.323 e. The highest BCUT2D eigenvalue weighted by atomic mass is 35.5. The molecule has 0 unspecified atom stereocenters. The number of halogens is 3. The van der Waals surface area contributed by atoms with Gasteiger partial charge in [-0.1, -0.05) is 29.8 Å². The Labute approximate surface area is 150 Å². The summed E-state index contributed by atoms with van der Waals surface area (Å²) in [5, 5.41) is 3.31. The Morgan fingerprint density at radius 3 is 2.56 bits per heavy atom. The minimum Gasteiger partial charge on any atom is -0.323 e. The lowest BCUT2D eigenvalue weighted by Crippen LogP contribution is -2.37. The maximum absolute atomic E-state index is 13.6. The van der Waals surface area contributed by atoms with E-state index in [9.17, 15) is 13.6 Å². The van der Waals surface area contributed by atoms with Crippen LogP contribution >= 0.6 is 11.6 Å². The van der Waals surface area contributed by atoms with Gasteiger partial charge in [-0.15, -0.1) is 0 Å². The van der Waals surface area contributed by atoms with Crippen LogP contribution in [0.1, 0.15) is 18.4 Å². The second-order valence-corrected chi connectivity index (χ2v) is 6.66. The highest BCUT2D eigenvalue weighted by Gasteiger charge is 2.25. The van der Waals surface area contributed by atoms with Gasteiger partial charge in [-0.25, -0.2) is 8.78 Å². The zero-order valence-corrected chi connectivity index (χ0v) is 14.4. The van der Waals surface area contributed by atoms with Crippen molar-refractivity contribution >= 4 is 23.2 Å². The molecule has 25 heavy (non-hydrogen) atoms. The van der Waals surface area contributed by atoms with Crippen molar-refractivity contribution in [2.75, 3.05) is 18.4 Å². The molecule has 2 aromatic carbocycles. The Kier molecular flexibility index (Phi) is 5.66. The van der Waals surface area contributed by atoms with Gasteiger partial charge in [0.2, 0.25) is 5.91 Å². The molecule has 3 rings (SSSR count). The molecule has 0 radical (unpaired) electrons. The summed E-state index contributed by atoms with van der Waals surface area (Å²) in [4.78, 5) is 14.6. The number of nitrogens with one attached hydrogen (secondary N) is 1. The summed E-state index contributed by atoms with van der Waals surface area (Å²) in [5.41, 5.74) is 1.09. The van der Waals surface area contributed by atoms with Gasteiger partial charge in [-0.05, 0) is 49.7 Å². The maximum Gasteiger partial charge on any atom is 0.227 e. The first-order valence-electron chi connectivity index (χ1n) is 8.24. The second-order valence-electron chi connectivity index (χ2n) is 6.26. The molecular weight excluding hydrogens is 346 g/mol. The predicted octanol–water partition coefficient (Wildman–Crippen LogP) is 4.47. The van der Waals surface area contributed by atoms with Crippen molar-refractivity contribution in [3.05, 3.63) is 64.7 Å². The fourth-order valence-electron chi connectivity index (χ4n) is 3.05. The predicted molar refractivity (Wildman–Crippen MR) is 94.4 cm³/mol. The number of hydrogen-bond donors (Lipinski definition) is 1. The second kappa shape index (κ2) is 7.93. The molecule has 6 heteroatoms. The number of likely N-dealkylation sites (tertiary alicyclic amines) is 1. The number of nitrogens with zero attached hydrogens (tertiary/aromatic N) is 1. The Morgan fingerprint density at radius 2 is 1.88 bits per heavy atom. The van der Waals surface area contributed by atoms with E-state index in [4.69, 9.17) is 11.6 Å². The Bertz CT molecular complexity index is 761. The van der Waals surface area contributed by atoms with Crippen molar-refractivity contribution in [1.82, 2.24) is 4.90 Å². The van der Waals surface area contributed by atoms with E-state index in [0.717, 1.165) is 42.4 Å².